The Bertz CT molecular complexity index is 771. The van der Waals surface area contributed by atoms with Crippen LogP contribution >= 0.6 is 23.2 Å². The second kappa shape index (κ2) is 5.32. The van der Waals surface area contributed by atoms with Crippen LogP contribution in [-0.4, -0.2) is 14.5 Å². The Morgan fingerprint density at radius 1 is 1.20 bits per heavy atom. The summed E-state index contributed by atoms with van der Waals surface area (Å²) >= 11 is 12.0. The van der Waals surface area contributed by atoms with E-state index in [4.69, 9.17) is 27.9 Å². The van der Waals surface area contributed by atoms with Crippen molar-refractivity contribution in [2.45, 2.75) is 6.61 Å². The van der Waals surface area contributed by atoms with E-state index in [0.29, 0.717) is 33.0 Å². The van der Waals surface area contributed by atoms with Crippen molar-refractivity contribution in [1.82, 2.24) is 9.38 Å². The molecule has 20 heavy (non-hydrogen) atoms. The first-order valence-corrected chi connectivity index (χ1v) is 6.64. The standard InChI is InChI=1S/C14H10Cl2N2O2/c15-9-4-5-10(16)12(7-9)20-14-11(8-19)18-6-2-1-3-13(18)17-14/h1-7,19H,8H2. The predicted octanol–water partition coefficient (Wildman–Crippen LogP) is 3.93. The van der Waals surface area contributed by atoms with Gasteiger partial charge in [0.25, 0.3) is 0 Å². The highest BCUT2D eigenvalue weighted by atomic mass is 35.5. The average Bonchev–Trinajstić information content (AvgIpc) is 2.80. The molecular weight excluding hydrogens is 299 g/mol. The predicted molar refractivity (Wildman–Crippen MR) is 77.7 cm³/mol. The maximum absolute atomic E-state index is 9.51. The molecule has 2 aromatic heterocycles. The number of fused-ring (bicyclic) bond motifs is 1. The molecule has 0 fully saturated rings. The smallest absolute Gasteiger partial charge is 0.243 e. The Balaban J connectivity index is 2.08. The molecule has 3 aromatic rings. The third-order valence-corrected chi connectivity index (χ3v) is 3.39. The van der Waals surface area contributed by atoms with E-state index in [1.807, 2.05) is 18.2 Å². The molecule has 0 aliphatic heterocycles. The van der Waals surface area contributed by atoms with Crippen molar-refractivity contribution >= 4 is 28.8 Å². The molecule has 0 spiro atoms. The summed E-state index contributed by atoms with van der Waals surface area (Å²) in [5, 5.41) is 10.4. The number of hydrogen-bond acceptors (Lipinski definition) is 3. The molecule has 0 atom stereocenters. The Kier molecular flexibility index (Phi) is 3.53. The number of aliphatic hydroxyl groups excluding tert-OH is 1. The zero-order valence-electron chi connectivity index (χ0n) is 10.3. The van der Waals surface area contributed by atoms with Gasteiger partial charge in [-0.3, -0.25) is 4.40 Å². The van der Waals surface area contributed by atoms with Gasteiger partial charge in [-0.15, -0.1) is 0 Å². The number of rotatable bonds is 3. The van der Waals surface area contributed by atoms with Crippen LogP contribution in [0.1, 0.15) is 5.69 Å². The molecule has 0 saturated heterocycles. The minimum Gasteiger partial charge on any atom is -0.436 e. The van der Waals surface area contributed by atoms with Crippen LogP contribution in [0.4, 0.5) is 0 Å². The van der Waals surface area contributed by atoms with Crippen molar-refractivity contribution in [3.05, 3.63) is 58.3 Å². The van der Waals surface area contributed by atoms with Gasteiger partial charge in [0, 0.05) is 17.3 Å². The summed E-state index contributed by atoms with van der Waals surface area (Å²) in [4.78, 5) is 4.33. The van der Waals surface area contributed by atoms with Crippen LogP contribution in [-0.2, 0) is 6.61 Å². The zero-order chi connectivity index (χ0) is 14.1. The van der Waals surface area contributed by atoms with Crippen LogP contribution in [0.25, 0.3) is 5.65 Å². The maximum Gasteiger partial charge on any atom is 0.243 e. The molecule has 102 valence electrons. The highest BCUT2D eigenvalue weighted by Crippen LogP contribution is 2.33. The zero-order valence-corrected chi connectivity index (χ0v) is 11.8. The lowest BCUT2D eigenvalue weighted by Gasteiger charge is -2.06. The fourth-order valence-electron chi connectivity index (χ4n) is 1.91. The molecule has 0 aliphatic rings. The number of aromatic nitrogens is 2. The molecule has 1 N–H and O–H groups in total. The van der Waals surface area contributed by atoms with Crippen LogP contribution < -0.4 is 4.74 Å². The van der Waals surface area contributed by atoms with Gasteiger partial charge in [0.1, 0.15) is 17.1 Å². The molecule has 0 aliphatic carbocycles. The lowest BCUT2D eigenvalue weighted by molar-refractivity contribution is 0.269. The summed E-state index contributed by atoms with van der Waals surface area (Å²) in [6.07, 6.45) is 1.81. The number of halogens is 2. The molecule has 0 saturated carbocycles. The van der Waals surface area contributed by atoms with Crippen LogP contribution in [0, 0.1) is 0 Å². The maximum atomic E-state index is 9.51. The number of hydrogen-bond donors (Lipinski definition) is 1. The van der Waals surface area contributed by atoms with Crippen LogP contribution in [0.15, 0.2) is 42.6 Å². The number of nitrogens with zero attached hydrogens (tertiary/aromatic N) is 2. The van der Waals surface area contributed by atoms with Crippen molar-refractivity contribution in [2.24, 2.45) is 0 Å². The molecule has 0 amide bonds. The number of imidazole rings is 1. The molecule has 4 nitrogen and oxygen atoms in total. The first-order valence-electron chi connectivity index (χ1n) is 5.89. The quantitative estimate of drug-likeness (QED) is 0.797. The van der Waals surface area contributed by atoms with Crippen molar-refractivity contribution < 1.29 is 9.84 Å². The lowest BCUT2D eigenvalue weighted by Crippen LogP contribution is -1.94. The molecule has 2 heterocycles. The minimum atomic E-state index is -0.196. The molecule has 1 aromatic carbocycles. The van der Waals surface area contributed by atoms with Gasteiger partial charge in [0.15, 0.2) is 0 Å². The SMILES string of the molecule is OCc1c(Oc2cc(Cl)ccc2Cl)nc2ccccn12. The van der Waals surface area contributed by atoms with E-state index in [9.17, 15) is 5.11 Å². The number of ether oxygens (including phenoxy) is 1. The molecule has 0 radical (unpaired) electrons. The molecule has 3 rings (SSSR count). The molecule has 6 heteroatoms. The summed E-state index contributed by atoms with van der Waals surface area (Å²) in [5.41, 5.74) is 1.24. The first kappa shape index (κ1) is 13.2. The Hall–Kier alpha value is -1.75. The largest absolute Gasteiger partial charge is 0.436 e. The molecule has 0 unspecified atom stereocenters. The van der Waals surface area contributed by atoms with Gasteiger partial charge >= 0.3 is 0 Å². The summed E-state index contributed by atoms with van der Waals surface area (Å²) in [6.45, 7) is -0.196. The summed E-state index contributed by atoms with van der Waals surface area (Å²) < 4.78 is 7.45. The van der Waals surface area contributed by atoms with Gasteiger partial charge in [-0.1, -0.05) is 29.3 Å². The normalized spacial score (nSPS) is 10.9. The third-order valence-electron chi connectivity index (χ3n) is 2.84. The Morgan fingerprint density at radius 2 is 2.05 bits per heavy atom. The first-order chi connectivity index (χ1) is 9.69. The Labute approximate surface area is 125 Å². The Morgan fingerprint density at radius 3 is 2.85 bits per heavy atom. The van der Waals surface area contributed by atoms with E-state index >= 15 is 0 Å². The second-order valence-corrected chi connectivity index (χ2v) is 4.97. The van der Waals surface area contributed by atoms with Crippen LogP contribution in [0.5, 0.6) is 11.6 Å². The minimum absolute atomic E-state index is 0.196. The summed E-state index contributed by atoms with van der Waals surface area (Å²) in [7, 11) is 0. The van der Waals surface area contributed by atoms with Gasteiger partial charge < -0.3 is 9.84 Å². The summed E-state index contributed by atoms with van der Waals surface area (Å²) in [5.74, 6) is 0.708. The van der Waals surface area contributed by atoms with Crippen molar-refractivity contribution in [3.8, 4) is 11.6 Å². The van der Waals surface area contributed by atoms with Gasteiger partial charge in [-0.25, -0.2) is 0 Å². The topological polar surface area (TPSA) is 46.8 Å². The van der Waals surface area contributed by atoms with Gasteiger partial charge in [0.05, 0.1) is 11.6 Å². The molecule has 0 bridgehead atoms. The fourth-order valence-corrected chi connectivity index (χ4v) is 2.23. The number of aliphatic hydroxyl groups is 1. The van der Waals surface area contributed by atoms with Crippen LogP contribution in [0.3, 0.4) is 0 Å². The summed E-state index contributed by atoms with van der Waals surface area (Å²) in [6, 6.07) is 10.5. The third kappa shape index (κ3) is 2.33. The van der Waals surface area contributed by atoms with Crippen molar-refractivity contribution in [3.63, 3.8) is 0 Å². The fraction of sp³-hybridized carbons (Fsp3) is 0.0714. The van der Waals surface area contributed by atoms with E-state index in [1.54, 1.807) is 28.8 Å². The molecular formula is C14H10Cl2N2O2. The van der Waals surface area contributed by atoms with Gasteiger partial charge in [0.2, 0.25) is 5.88 Å². The van der Waals surface area contributed by atoms with E-state index < -0.39 is 0 Å². The monoisotopic (exact) mass is 308 g/mol. The highest BCUT2D eigenvalue weighted by molar-refractivity contribution is 6.34. The van der Waals surface area contributed by atoms with Gasteiger partial charge in [-0.2, -0.15) is 4.98 Å². The highest BCUT2D eigenvalue weighted by Gasteiger charge is 2.14. The number of pyridine rings is 1. The lowest BCUT2D eigenvalue weighted by atomic mass is 10.3. The van der Waals surface area contributed by atoms with E-state index in [0.717, 1.165) is 0 Å². The van der Waals surface area contributed by atoms with Crippen molar-refractivity contribution in [1.29, 1.82) is 0 Å². The van der Waals surface area contributed by atoms with Crippen molar-refractivity contribution in [2.75, 3.05) is 0 Å². The van der Waals surface area contributed by atoms with E-state index in [2.05, 4.69) is 4.98 Å². The van der Waals surface area contributed by atoms with Gasteiger partial charge in [-0.05, 0) is 24.3 Å². The van der Waals surface area contributed by atoms with Crippen LogP contribution in [0.2, 0.25) is 10.0 Å². The second-order valence-electron chi connectivity index (χ2n) is 4.13. The van der Waals surface area contributed by atoms with E-state index in [1.165, 1.54) is 0 Å². The number of benzene rings is 1. The van der Waals surface area contributed by atoms with E-state index in [-0.39, 0.29) is 6.61 Å². The average molecular weight is 309 g/mol.